The molecule has 1 aliphatic carbocycles. The van der Waals surface area contributed by atoms with Crippen molar-refractivity contribution in [3.63, 3.8) is 0 Å². The van der Waals surface area contributed by atoms with Crippen molar-refractivity contribution in [2.75, 3.05) is 39.4 Å². The maximum Gasteiger partial charge on any atom is 0.430 e. The highest BCUT2D eigenvalue weighted by molar-refractivity contribution is 7.89. The maximum atomic E-state index is 14.0. The van der Waals surface area contributed by atoms with Gasteiger partial charge in [-0.05, 0) is 42.7 Å². The number of aromatic nitrogens is 4. The molecule has 1 saturated heterocycles. The number of amides is 3. The third kappa shape index (κ3) is 8.85. The summed E-state index contributed by atoms with van der Waals surface area (Å²) >= 11 is 0. The standard InChI is InChI=1S/C29H38N10O7S/c1-2-45-29(42)39(19-30)37-13-14-46-23(18-37)17-31-27(40)16-25(28(41)38(22-8-9-22)12-11-26-32-35-36-33-26)34-47(43,44)24-10-7-20-5-3-4-6-21(20)15-24/h3-7,10,15,19,22-23,25,30,34H,2,8-9,11-14,16-18H2,1H3,(H,31,40)(H,32,33,35,36)/t23?,25-/m0/s1. The predicted octanol–water partition coefficient (Wildman–Crippen LogP) is 0.421. The van der Waals surface area contributed by atoms with Gasteiger partial charge in [-0.3, -0.25) is 15.0 Å². The van der Waals surface area contributed by atoms with Crippen LogP contribution in [0, 0.1) is 5.41 Å². The van der Waals surface area contributed by atoms with E-state index in [0.717, 1.165) is 29.6 Å². The lowest BCUT2D eigenvalue weighted by atomic mass is 10.1. The zero-order chi connectivity index (χ0) is 33.4. The molecule has 2 atom stereocenters. The van der Waals surface area contributed by atoms with Crippen molar-refractivity contribution in [2.24, 2.45) is 0 Å². The lowest BCUT2D eigenvalue weighted by molar-refractivity contribution is -0.136. The summed E-state index contributed by atoms with van der Waals surface area (Å²) in [5.41, 5.74) is 0. The first-order chi connectivity index (χ1) is 22.7. The average molecular weight is 671 g/mol. The van der Waals surface area contributed by atoms with Crippen LogP contribution in [0.5, 0.6) is 0 Å². The van der Waals surface area contributed by atoms with Gasteiger partial charge in [0.15, 0.2) is 5.82 Å². The Hall–Kier alpha value is -4.52. The molecule has 3 amide bonds. The molecule has 3 aromatic rings. The molecule has 1 unspecified atom stereocenters. The molecule has 2 heterocycles. The fraction of sp³-hybridized carbons (Fsp3) is 0.483. The highest BCUT2D eigenvalue weighted by Gasteiger charge is 2.38. The number of hydrogen-bond acceptors (Lipinski definition) is 12. The normalized spacial score (nSPS) is 17.5. The molecule has 4 N–H and O–H groups in total. The molecular weight excluding hydrogens is 632 g/mol. The van der Waals surface area contributed by atoms with Crippen molar-refractivity contribution in [1.29, 1.82) is 5.41 Å². The molecule has 1 aliphatic heterocycles. The Balaban J connectivity index is 1.29. The van der Waals surface area contributed by atoms with Crippen LogP contribution in [-0.2, 0) is 35.5 Å². The van der Waals surface area contributed by atoms with Crippen LogP contribution in [0.4, 0.5) is 4.79 Å². The van der Waals surface area contributed by atoms with Gasteiger partial charge in [-0.1, -0.05) is 35.5 Å². The van der Waals surface area contributed by atoms with Crippen molar-refractivity contribution < 1.29 is 32.3 Å². The summed E-state index contributed by atoms with van der Waals surface area (Å²) in [5.74, 6) is -0.708. The quantitative estimate of drug-likeness (QED) is 0.128. The number of nitrogens with zero attached hydrogens (tertiary/aromatic N) is 6. The summed E-state index contributed by atoms with van der Waals surface area (Å²) < 4.78 is 40.5. The van der Waals surface area contributed by atoms with Crippen LogP contribution in [0.1, 0.15) is 32.0 Å². The Bertz CT molecular complexity index is 1670. The second-order valence-corrected chi connectivity index (χ2v) is 12.8. The number of carbonyl (C=O) groups is 3. The first-order valence-electron chi connectivity index (χ1n) is 15.3. The molecule has 1 saturated carbocycles. The first-order valence-corrected chi connectivity index (χ1v) is 16.8. The minimum Gasteiger partial charge on any atom is -0.448 e. The number of benzene rings is 2. The first kappa shape index (κ1) is 33.8. The number of sulfonamides is 1. The van der Waals surface area contributed by atoms with Gasteiger partial charge >= 0.3 is 6.09 Å². The Morgan fingerprint density at radius 2 is 2.00 bits per heavy atom. The zero-order valence-electron chi connectivity index (χ0n) is 25.9. The minimum atomic E-state index is -4.23. The summed E-state index contributed by atoms with van der Waals surface area (Å²) in [4.78, 5) is 41.0. The molecule has 5 rings (SSSR count). The van der Waals surface area contributed by atoms with E-state index in [1.807, 2.05) is 12.1 Å². The molecule has 2 aromatic carbocycles. The molecule has 47 heavy (non-hydrogen) atoms. The number of aromatic amines is 1. The number of carbonyl (C=O) groups excluding carboxylic acids is 3. The number of fused-ring (bicyclic) bond motifs is 1. The second-order valence-electron chi connectivity index (χ2n) is 11.1. The average Bonchev–Trinajstić information content (AvgIpc) is 3.77. The number of morpholine rings is 1. The van der Waals surface area contributed by atoms with E-state index in [0.29, 0.717) is 24.2 Å². The smallest absolute Gasteiger partial charge is 0.430 e. The molecule has 18 heteroatoms. The summed E-state index contributed by atoms with van der Waals surface area (Å²) in [6.07, 6.45) is 0.927. The van der Waals surface area contributed by atoms with Crippen LogP contribution in [0.3, 0.4) is 0 Å². The van der Waals surface area contributed by atoms with Crippen LogP contribution in [0.25, 0.3) is 10.8 Å². The molecule has 0 radical (unpaired) electrons. The van der Waals surface area contributed by atoms with Crippen molar-refractivity contribution in [2.45, 2.75) is 55.7 Å². The number of H-pyrrole nitrogens is 1. The van der Waals surface area contributed by atoms with E-state index in [2.05, 4.69) is 30.7 Å². The molecule has 2 aliphatic rings. The van der Waals surface area contributed by atoms with E-state index in [1.165, 1.54) is 12.1 Å². The van der Waals surface area contributed by atoms with Gasteiger partial charge in [0, 0.05) is 38.6 Å². The minimum absolute atomic E-state index is 0.0203. The molecule has 1 aromatic heterocycles. The lowest BCUT2D eigenvalue weighted by Gasteiger charge is -2.37. The lowest BCUT2D eigenvalue weighted by Crippen LogP contribution is -2.56. The summed E-state index contributed by atoms with van der Waals surface area (Å²) in [6.45, 7) is 2.78. The van der Waals surface area contributed by atoms with Crippen LogP contribution < -0.4 is 10.0 Å². The number of hydrogen-bond donors (Lipinski definition) is 4. The van der Waals surface area contributed by atoms with E-state index >= 15 is 0 Å². The van der Waals surface area contributed by atoms with Gasteiger partial charge in [0.25, 0.3) is 0 Å². The monoisotopic (exact) mass is 670 g/mol. The summed E-state index contributed by atoms with van der Waals surface area (Å²) in [7, 11) is -4.23. The van der Waals surface area contributed by atoms with E-state index in [4.69, 9.17) is 14.9 Å². The number of hydrazine groups is 1. The van der Waals surface area contributed by atoms with Crippen molar-refractivity contribution >= 4 is 45.0 Å². The van der Waals surface area contributed by atoms with Gasteiger partial charge in [-0.15, -0.1) is 10.2 Å². The van der Waals surface area contributed by atoms with E-state index in [1.54, 1.807) is 35.0 Å². The van der Waals surface area contributed by atoms with E-state index in [9.17, 15) is 22.8 Å². The molecule has 0 bridgehead atoms. The highest BCUT2D eigenvalue weighted by Crippen LogP contribution is 2.28. The van der Waals surface area contributed by atoms with Crippen LogP contribution >= 0.6 is 0 Å². The van der Waals surface area contributed by atoms with Gasteiger partial charge in [-0.25, -0.2) is 18.2 Å². The molecule has 2 fully saturated rings. The Morgan fingerprint density at radius 1 is 1.21 bits per heavy atom. The number of tetrazole rings is 1. The highest BCUT2D eigenvalue weighted by atomic mass is 32.2. The van der Waals surface area contributed by atoms with Crippen LogP contribution in [0.15, 0.2) is 47.4 Å². The van der Waals surface area contributed by atoms with E-state index < -0.39 is 46.5 Å². The summed E-state index contributed by atoms with van der Waals surface area (Å²) in [6, 6.07) is 10.5. The molecule has 252 valence electrons. The number of ether oxygens (including phenoxy) is 2. The van der Waals surface area contributed by atoms with Gasteiger partial charge < -0.3 is 19.7 Å². The number of nitrogens with one attached hydrogen (secondary N) is 4. The molecule has 17 nitrogen and oxygen atoms in total. The zero-order valence-corrected chi connectivity index (χ0v) is 26.7. The molecular formula is C29H38N10O7S. The van der Waals surface area contributed by atoms with Crippen molar-refractivity contribution in [3.8, 4) is 0 Å². The second kappa shape index (κ2) is 15.4. The topological polar surface area (TPSA) is 216 Å². The summed E-state index contributed by atoms with van der Waals surface area (Å²) in [5, 5.41) is 28.3. The Kier molecular flexibility index (Phi) is 11.1. The van der Waals surface area contributed by atoms with E-state index in [-0.39, 0.29) is 43.8 Å². The SMILES string of the molecule is CCOC(=O)N(C=N)N1CCOC(CNC(=O)C[C@H](NS(=O)(=O)c2ccc3ccccc3c2)C(=O)N(CCc2nn[nH]n2)C2CC2)C1. The van der Waals surface area contributed by atoms with Gasteiger partial charge in [0.05, 0.1) is 30.6 Å². The van der Waals surface area contributed by atoms with Gasteiger partial charge in [0.1, 0.15) is 12.4 Å². The fourth-order valence-electron chi connectivity index (χ4n) is 5.28. The van der Waals surface area contributed by atoms with Crippen molar-refractivity contribution in [1.82, 2.24) is 45.6 Å². The van der Waals surface area contributed by atoms with Gasteiger partial charge in [0.2, 0.25) is 21.8 Å². The fourth-order valence-corrected chi connectivity index (χ4v) is 6.51. The predicted molar refractivity (Wildman–Crippen MR) is 167 cm³/mol. The Morgan fingerprint density at radius 3 is 2.70 bits per heavy atom. The maximum absolute atomic E-state index is 14.0. The third-order valence-electron chi connectivity index (χ3n) is 7.78. The number of rotatable bonds is 15. The molecule has 0 spiro atoms. The van der Waals surface area contributed by atoms with Gasteiger partial charge in [-0.2, -0.15) is 14.9 Å². The largest absolute Gasteiger partial charge is 0.448 e. The Labute approximate surface area is 271 Å². The van der Waals surface area contributed by atoms with Crippen molar-refractivity contribution in [3.05, 3.63) is 48.3 Å². The van der Waals surface area contributed by atoms with Crippen LogP contribution in [0.2, 0.25) is 0 Å². The third-order valence-corrected chi connectivity index (χ3v) is 9.25. The van der Waals surface area contributed by atoms with Crippen LogP contribution in [-0.4, -0.2) is 126 Å².